The average molecular weight is 579 g/mol. The Balaban J connectivity index is 1.66. The van der Waals surface area contributed by atoms with E-state index >= 15 is 0 Å². The maximum Gasteiger partial charge on any atom is 0.350 e. The van der Waals surface area contributed by atoms with Gasteiger partial charge in [-0.05, 0) is 55.2 Å². The molecule has 0 spiro atoms. The summed E-state index contributed by atoms with van der Waals surface area (Å²) in [6, 6.07) is 11.1. The number of carbonyl (C=O) groups is 2. The predicted molar refractivity (Wildman–Crippen MR) is 155 cm³/mol. The normalized spacial score (nSPS) is 14.6. The first-order chi connectivity index (χ1) is 19.2. The Labute approximate surface area is 239 Å². The fourth-order valence-corrected chi connectivity index (χ4v) is 5.68. The second-order valence-electron chi connectivity index (χ2n) is 9.79. The minimum atomic E-state index is -0.877. The SMILES string of the molecule is C=CCOC(=O)c1sc(N2C(=O)c3oc4ccc(Cl)cc4c(=O)c3C2c2cccc(OCCC(C)C)c2)nc1C. The van der Waals surface area contributed by atoms with Gasteiger partial charge in [-0.1, -0.05) is 61.6 Å². The smallest absolute Gasteiger partial charge is 0.350 e. The predicted octanol–water partition coefficient (Wildman–Crippen LogP) is 6.73. The molecule has 4 aromatic rings. The van der Waals surface area contributed by atoms with Crippen LogP contribution in [0.5, 0.6) is 5.75 Å². The van der Waals surface area contributed by atoms with Gasteiger partial charge in [0.05, 0.1) is 29.3 Å². The van der Waals surface area contributed by atoms with E-state index in [4.69, 9.17) is 25.5 Å². The number of fused-ring (bicyclic) bond motifs is 2. The van der Waals surface area contributed by atoms with Crippen molar-refractivity contribution >= 4 is 50.9 Å². The van der Waals surface area contributed by atoms with Gasteiger partial charge in [-0.3, -0.25) is 14.5 Å². The quantitative estimate of drug-likeness (QED) is 0.160. The molecule has 0 radical (unpaired) electrons. The molecular weight excluding hydrogens is 552 g/mol. The van der Waals surface area contributed by atoms with Crippen molar-refractivity contribution in [2.24, 2.45) is 5.92 Å². The Morgan fingerprint density at radius 2 is 2.05 bits per heavy atom. The van der Waals surface area contributed by atoms with Gasteiger partial charge >= 0.3 is 5.97 Å². The van der Waals surface area contributed by atoms with Gasteiger partial charge in [0.1, 0.15) is 22.8 Å². The zero-order valence-corrected chi connectivity index (χ0v) is 23.8. The number of hydrogen-bond donors (Lipinski definition) is 0. The molecule has 1 atom stereocenters. The largest absolute Gasteiger partial charge is 0.494 e. The maximum atomic E-state index is 13.9. The van der Waals surface area contributed by atoms with E-state index in [9.17, 15) is 14.4 Å². The highest BCUT2D eigenvalue weighted by Gasteiger charge is 2.45. The second kappa shape index (κ2) is 11.3. The number of halogens is 1. The summed E-state index contributed by atoms with van der Waals surface area (Å²) in [5.74, 6) is -0.115. The fraction of sp³-hybridized carbons (Fsp3) is 0.267. The monoisotopic (exact) mass is 578 g/mol. The zero-order valence-electron chi connectivity index (χ0n) is 22.2. The lowest BCUT2D eigenvalue weighted by molar-refractivity contribution is 0.0554. The summed E-state index contributed by atoms with van der Waals surface area (Å²) < 4.78 is 17.2. The summed E-state index contributed by atoms with van der Waals surface area (Å²) in [5, 5.41) is 0.868. The summed E-state index contributed by atoms with van der Waals surface area (Å²) >= 11 is 7.20. The molecule has 1 unspecified atom stereocenters. The molecule has 0 aliphatic carbocycles. The molecule has 2 aromatic carbocycles. The number of benzene rings is 2. The Morgan fingerprint density at radius 3 is 2.80 bits per heavy atom. The van der Waals surface area contributed by atoms with Gasteiger partial charge in [0.25, 0.3) is 5.91 Å². The third-order valence-corrected chi connectivity index (χ3v) is 7.85. The second-order valence-corrected chi connectivity index (χ2v) is 11.2. The van der Waals surface area contributed by atoms with E-state index in [1.54, 1.807) is 19.1 Å². The van der Waals surface area contributed by atoms with Gasteiger partial charge in [-0.25, -0.2) is 9.78 Å². The van der Waals surface area contributed by atoms with E-state index in [0.717, 1.165) is 17.8 Å². The van der Waals surface area contributed by atoms with Crippen molar-refractivity contribution in [1.82, 2.24) is 4.98 Å². The van der Waals surface area contributed by atoms with Crippen molar-refractivity contribution < 1.29 is 23.5 Å². The average Bonchev–Trinajstić information content (AvgIpc) is 3.45. The number of aromatic nitrogens is 1. The lowest BCUT2D eigenvalue weighted by Gasteiger charge is -2.23. The number of amides is 1. The summed E-state index contributed by atoms with van der Waals surface area (Å²) in [6.07, 6.45) is 2.34. The maximum absolute atomic E-state index is 13.9. The van der Waals surface area contributed by atoms with Crippen molar-refractivity contribution in [3.05, 3.63) is 97.8 Å². The third kappa shape index (κ3) is 5.14. The van der Waals surface area contributed by atoms with E-state index in [2.05, 4.69) is 25.4 Å². The van der Waals surface area contributed by atoms with Gasteiger partial charge in [0.2, 0.25) is 5.76 Å². The number of rotatable bonds is 9. The molecule has 1 aliphatic rings. The first kappa shape index (κ1) is 27.6. The number of ether oxygens (including phenoxy) is 2. The Morgan fingerprint density at radius 1 is 1.25 bits per heavy atom. The molecule has 10 heteroatoms. The van der Waals surface area contributed by atoms with Crippen LogP contribution in [0.2, 0.25) is 5.02 Å². The first-order valence-corrected chi connectivity index (χ1v) is 14.0. The number of anilines is 1. The standard InChI is InChI=1S/C30H27ClN2O6S/c1-5-12-38-29(36)27-17(4)32-30(40-27)33-24(18-7-6-8-20(14-18)37-13-11-16(2)3)23-25(34)21-15-19(31)9-10-22(21)39-26(23)28(33)35/h5-10,14-16,24H,1,11-13H2,2-4H3. The molecule has 2 aromatic heterocycles. The Bertz CT molecular complexity index is 1690. The zero-order chi connectivity index (χ0) is 28.6. The third-order valence-electron chi connectivity index (χ3n) is 6.48. The molecular formula is C30H27ClN2O6S. The highest BCUT2D eigenvalue weighted by Crippen LogP contribution is 2.44. The summed E-state index contributed by atoms with van der Waals surface area (Å²) in [6.45, 7) is 10.0. The molecule has 0 saturated heterocycles. The summed E-state index contributed by atoms with van der Waals surface area (Å²) in [5.41, 5.74) is 1.08. The Hall–Kier alpha value is -3.95. The minimum absolute atomic E-state index is 0.0411. The number of thiazole rings is 1. The van der Waals surface area contributed by atoms with Crippen LogP contribution in [0.25, 0.3) is 11.0 Å². The van der Waals surface area contributed by atoms with Crippen LogP contribution in [0.4, 0.5) is 5.13 Å². The van der Waals surface area contributed by atoms with E-state index < -0.39 is 17.9 Å². The molecule has 0 fully saturated rings. The van der Waals surface area contributed by atoms with Gasteiger partial charge < -0.3 is 13.9 Å². The number of hydrogen-bond acceptors (Lipinski definition) is 8. The van der Waals surface area contributed by atoms with E-state index in [1.807, 2.05) is 24.3 Å². The first-order valence-electron chi connectivity index (χ1n) is 12.8. The van der Waals surface area contributed by atoms with Crippen LogP contribution in [0, 0.1) is 12.8 Å². The van der Waals surface area contributed by atoms with E-state index in [1.165, 1.54) is 17.0 Å². The Kier molecular flexibility index (Phi) is 7.78. The number of nitrogens with zero attached hydrogens (tertiary/aromatic N) is 2. The number of esters is 1. The van der Waals surface area contributed by atoms with E-state index in [0.29, 0.717) is 34.6 Å². The van der Waals surface area contributed by atoms with Crippen LogP contribution in [0.15, 0.2) is 64.3 Å². The van der Waals surface area contributed by atoms with Crippen molar-refractivity contribution in [2.45, 2.75) is 33.2 Å². The molecule has 3 heterocycles. The number of carbonyl (C=O) groups excluding carboxylic acids is 2. The highest BCUT2D eigenvalue weighted by molar-refractivity contribution is 7.17. The topological polar surface area (TPSA) is 98.9 Å². The lowest BCUT2D eigenvalue weighted by Crippen LogP contribution is -2.29. The molecule has 1 amide bonds. The number of aryl methyl sites for hydroxylation is 1. The molecule has 206 valence electrons. The van der Waals surface area contributed by atoms with Crippen LogP contribution in [-0.2, 0) is 4.74 Å². The molecule has 5 rings (SSSR count). The van der Waals surface area contributed by atoms with Gasteiger partial charge in [0, 0.05) is 5.02 Å². The molecule has 0 N–H and O–H groups in total. The molecule has 8 nitrogen and oxygen atoms in total. The van der Waals surface area contributed by atoms with Gasteiger partial charge in [-0.2, -0.15) is 0 Å². The van der Waals surface area contributed by atoms with Crippen molar-refractivity contribution in [3.63, 3.8) is 0 Å². The fourth-order valence-electron chi connectivity index (χ4n) is 4.52. The van der Waals surface area contributed by atoms with Gasteiger partial charge in [0.15, 0.2) is 10.6 Å². The van der Waals surface area contributed by atoms with Crippen LogP contribution >= 0.6 is 22.9 Å². The van der Waals surface area contributed by atoms with Crippen LogP contribution in [-0.4, -0.2) is 30.1 Å². The van der Waals surface area contributed by atoms with Crippen molar-refractivity contribution in [1.29, 1.82) is 0 Å². The van der Waals surface area contributed by atoms with Crippen molar-refractivity contribution in [3.8, 4) is 5.75 Å². The molecule has 1 aliphatic heterocycles. The van der Waals surface area contributed by atoms with Crippen molar-refractivity contribution in [2.75, 3.05) is 18.1 Å². The summed E-state index contributed by atoms with van der Waals surface area (Å²) in [4.78, 5) is 46.6. The van der Waals surface area contributed by atoms with Crippen LogP contribution < -0.4 is 15.1 Å². The molecule has 0 saturated carbocycles. The molecule has 40 heavy (non-hydrogen) atoms. The highest BCUT2D eigenvalue weighted by atomic mass is 35.5. The lowest BCUT2D eigenvalue weighted by atomic mass is 9.98. The van der Waals surface area contributed by atoms with E-state index in [-0.39, 0.29) is 44.3 Å². The van der Waals surface area contributed by atoms with Gasteiger partial charge in [-0.15, -0.1) is 0 Å². The summed E-state index contributed by atoms with van der Waals surface area (Å²) in [7, 11) is 0. The van der Waals surface area contributed by atoms with Crippen LogP contribution in [0.1, 0.15) is 63.4 Å². The minimum Gasteiger partial charge on any atom is -0.494 e. The molecule has 0 bridgehead atoms. The van der Waals surface area contributed by atoms with Crippen LogP contribution in [0.3, 0.4) is 0 Å².